The second kappa shape index (κ2) is 5.76. The molecule has 1 heterocycles. The summed E-state index contributed by atoms with van der Waals surface area (Å²) in [6.07, 6.45) is 0.427. The maximum atomic E-state index is 10.6. The van der Waals surface area contributed by atoms with E-state index in [-0.39, 0.29) is 0 Å². The molecule has 0 amide bonds. The van der Waals surface area contributed by atoms with Gasteiger partial charge in [-0.1, -0.05) is 43.3 Å². The molecule has 1 atom stereocenters. The van der Waals surface area contributed by atoms with Crippen LogP contribution in [0, 0.1) is 0 Å². The summed E-state index contributed by atoms with van der Waals surface area (Å²) in [6.45, 7) is 1.88. The fourth-order valence-corrected chi connectivity index (χ4v) is 3.13. The second-order valence-electron chi connectivity index (χ2n) is 4.83. The smallest absolute Gasteiger partial charge is 0.290 e. The van der Waals surface area contributed by atoms with Gasteiger partial charge in [-0.3, -0.25) is 0 Å². The number of para-hydroxylation sites is 1. The quantitative estimate of drug-likeness (QED) is 0.684. The molecule has 0 spiro atoms. The second-order valence-corrected chi connectivity index (χ2v) is 5.91. The van der Waals surface area contributed by atoms with Crippen molar-refractivity contribution in [2.75, 3.05) is 5.32 Å². The molecule has 0 fully saturated rings. The largest absolute Gasteiger partial charge is 0.444 e. The van der Waals surface area contributed by atoms with Gasteiger partial charge in [0.15, 0.2) is 0 Å². The Morgan fingerprint density at radius 2 is 1.81 bits per heavy atom. The molecule has 0 radical (unpaired) electrons. The zero-order valence-electron chi connectivity index (χ0n) is 11.7. The van der Waals surface area contributed by atoms with Crippen molar-refractivity contribution in [3.05, 3.63) is 60.7 Å². The molecule has 4 heteroatoms. The topological polar surface area (TPSA) is 41.5 Å². The molecule has 0 bridgehead atoms. The third-order valence-corrected chi connectivity index (χ3v) is 4.28. The van der Waals surface area contributed by atoms with Crippen LogP contribution in [0.5, 0.6) is 5.75 Å². The van der Waals surface area contributed by atoms with Crippen molar-refractivity contribution in [1.82, 2.24) is 0 Å². The predicted octanol–water partition coefficient (Wildman–Crippen LogP) is 4.45. The molecule has 2 N–H and O–H groups in total. The van der Waals surface area contributed by atoms with Crippen LogP contribution in [0.1, 0.15) is 13.3 Å². The molecule has 3 aromatic rings. The third-order valence-electron chi connectivity index (χ3n) is 3.25. The molecule has 1 aromatic heterocycles. The van der Waals surface area contributed by atoms with Crippen LogP contribution < -0.4 is 10.1 Å². The van der Waals surface area contributed by atoms with Gasteiger partial charge in [-0.25, -0.2) is 0 Å². The monoisotopic (exact) mass is 299 g/mol. The fourth-order valence-electron chi connectivity index (χ4n) is 2.11. The lowest BCUT2D eigenvalue weighted by Crippen LogP contribution is -2.43. The van der Waals surface area contributed by atoms with Crippen LogP contribution in [0.25, 0.3) is 10.1 Å². The van der Waals surface area contributed by atoms with Crippen molar-refractivity contribution < 1.29 is 9.84 Å². The van der Waals surface area contributed by atoms with Gasteiger partial charge in [-0.2, -0.15) is 0 Å². The molecule has 21 heavy (non-hydrogen) atoms. The van der Waals surface area contributed by atoms with Crippen molar-refractivity contribution in [2.45, 2.75) is 19.3 Å². The number of thiophene rings is 1. The average molecular weight is 299 g/mol. The summed E-state index contributed by atoms with van der Waals surface area (Å²) in [5.74, 6) is -0.780. The van der Waals surface area contributed by atoms with Gasteiger partial charge in [-0.05, 0) is 29.7 Å². The Balaban J connectivity index is 1.82. The first-order valence-electron chi connectivity index (χ1n) is 6.92. The molecule has 3 rings (SSSR count). The summed E-state index contributed by atoms with van der Waals surface area (Å²) < 4.78 is 6.88. The highest BCUT2D eigenvalue weighted by Gasteiger charge is 2.27. The molecule has 2 aromatic carbocycles. The summed E-state index contributed by atoms with van der Waals surface area (Å²) >= 11 is 1.60. The van der Waals surface area contributed by atoms with Crippen molar-refractivity contribution in [2.24, 2.45) is 0 Å². The minimum atomic E-state index is -1.41. The van der Waals surface area contributed by atoms with E-state index in [2.05, 4.69) is 17.4 Å². The predicted molar refractivity (Wildman–Crippen MR) is 87.8 cm³/mol. The van der Waals surface area contributed by atoms with E-state index in [4.69, 9.17) is 4.74 Å². The SMILES string of the molecule is CCC(O)(Nc1cc2ccccc2s1)Oc1ccccc1. The molecule has 0 aliphatic rings. The van der Waals surface area contributed by atoms with Crippen LogP contribution in [0.3, 0.4) is 0 Å². The van der Waals surface area contributed by atoms with Gasteiger partial charge in [0.1, 0.15) is 5.75 Å². The van der Waals surface area contributed by atoms with Crippen LogP contribution >= 0.6 is 11.3 Å². The number of hydrogen-bond acceptors (Lipinski definition) is 4. The van der Waals surface area contributed by atoms with Gasteiger partial charge in [0.25, 0.3) is 5.91 Å². The lowest BCUT2D eigenvalue weighted by molar-refractivity contribution is -0.114. The molecule has 0 saturated carbocycles. The van der Waals surface area contributed by atoms with Crippen molar-refractivity contribution in [3.8, 4) is 5.75 Å². The Morgan fingerprint density at radius 1 is 1.10 bits per heavy atom. The third kappa shape index (κ3) is 3.17. The lowest BCUT2D eigenvalue weighted by atomic mass is 10.2. The number of ether oxygens (including phenoxy) is 1. The van der Waals surface area contributed by atoms with Gasteiger partial charge in [0.2, 0.25) is 0 Å². The number of aliphatic hydroxyl groups is 1. The van der Waals surface area contributed by atoms with Gasteiger partial charge in [0.05, 0.1) is 5.00 Å². The maximum absolute atomic E-state index is 10.6. The van der Waals surface area contributed by atoms with Crippen LogP contribution in [-0.4, -0.2) is 11.0 Å². The van der Waals surface area contributed by atoms with E-state index in [1.807, 2.05) is 55.5 Å². The van der Waals surface area contributed by atoms with E-state index in [0.29, 0.717) is 12.2 Å². The van der Waals surface area contributed by atoms with E-state index in [1.165, 1.54) is 4.70 Å². The fraction of sp³-hybridized carbons (Fsp3) is 0.176. The first kappa shape index (κ1) is 13.9. The summed E-state index contributed by atoms with van der Waals surface area (Å²) in [4.78, 5) is 0. The zero-order chi connectivity index (χ0) is 14.7. The minimum Gasteiger partial charge on any atom is -0.444 e. The van der Waals surface area contributed by atoms with E-state index in [0.717, 1.165) is 10.4 Å². The van der Waals surface area contributed by atoms with E-state index < -0.39 is 5.91 Å². The zero-order valence-corrected chi connectivity index (χ0v) is 12.6. The number of nitrogens with one attached hydrogen (secondary N) is 1. The number of fused-ring (bicyclic) bond motifs is 1. The highest BCUT2D eigenvalue weighted by atomic mass is 32.1. The standard InChI is InChI=1S/C17H17NO2S/c1-2-17(19,20-14-9-4-3-5-10-14)18-16-12-13-8-6-7-11-15(13)21-16/h3-12,18-19H,2H2,1H3. The Labute approximate surface area is 127 Å². The maximum Gasteiger partial charge on any atom is 0.290 e. The minimum absolute atomic E-state index is 0.427. The number of anilines is 1. The summed E-state index contributed by atoms with van der Waals surface area (Å²) in [7, 11) is 0. The molecular weight excluding hydrogens is 282 g/mol. The highest BCUT2D eigenvalue weighted by Crippen LogP contribution is 2.32. The molecular formula is C17H17NO2S. The number of hydrogen-bond donors (Lipinski definition) is 2. The molecule has 108 valence electrons. The summed E-state index contributed by atoms with van der Waals surface area (Å²) in [5, 5.41) is 15.8. The first-order valence-corrected chi connectivity index (χ1v) is 7.73. The Morgan fingerprint density at radius 3 is 2.52 bits per heavy atom. The molecule has 0 saturated heterocycles. The Bertz CT molecular complexity index is 693. The van der Waals surface area contributed by atoms with Gasteiger partial charge < -0.3 is 15.2 Å². The highest BCUT2D eigenvalue weighted by molar-refractivity contribution is 7.22. The van der Waals surface area contributed by atoms with Crippen LogP contribution in [-0.2, 0) is 0 Å². The molecule has 0 aliphatic heterocycles. The Kier molecular flexibility index (Phi) is 3.82. The molecule has 1 unspecified atom stereocenters. The first-order chi connectivity index (χ1) is 10.2. The number of rotatable bonds is 5. The van der Waals surface area contributed by atoms with Crippen LogP contribution in [0.2, 0.25) is 0 Å². The van der Waals surface area contributed by atoms with Crippen LogP contribution in [0.15, 0.2) is 60.7 Å². The summed E-state index contributed by atoms with van der Waals surface area (Å²) in [6, 6.07) is 19.5. The normalized spacial score (nSPS) is 13.8. The van der Waals surface area contributed by atoms with Crippen LogP contribution in [0.4, 0.5) is 5.00 Å². The van der Waals surface area contributed by atoms with Gasteiger partial charge in [-0.15, -0.1) is 11.3 Å². The van der Waals surface area contributed by atoms with Crippen molar-refractivity contribution in [3.63, 3.8) is 0 Å². The van der Waals surface area contributed by atoms with Crippen molar-refractivity contribution in [1.29, 1.82) is 0 Å². The summed E-state index contributed by atoms with van der Waals surface area (Å²) in [5.41, 5.74) is 0. The van der Waals surface area contributed by atoms with E-state index in [1.54, 1.807) is 11.3 Å². The molecule has 0 aliphatic carbocycles. The average Bonchev–Trinajstić information content (AvgIpc) is 2.90. The Hall–Kier alpha value is -2.04. The van der Waals surface area contributed by atoms with Gasteiger partial charge >= 0.3 is 0 Å². The van der Waals surface area contributed by atoms with Gasteiger partial charge in [0, 0.05) is 11.1 Å². The van der Waals surface area contributed by atoms with E-state index in [9.17, 15) is 5.11 Å². The molecule has 3 nitrogen and oxygen atoms in total. The number of benzene rings is 2. The van der Waals surface area contributed by atoms with Crippen molar-refractivity contribution >= 4 is 26.4 Å². The lowest BCUT2D eigenvalue weighted by Gasteiger charge is -2.28. The van der Waals surface area contributed by atoms with E-state index >= 15 is 0 Å².